The third-order valence-corrected chi connectivity index (χ3v) is 1.57. The lowest BCUT2D eigenvalue weighted by Crippen LogP contribution is -1.86. The summed E-state index contributed by atoms with van der Waals surface area (Å²) in [5.41, 5.74) is 2.69. The van der Waals surface area contributed by atoms with Gasteiger partial charge in [0, 0.05) is 11.1 Å². The molecule has 0 fully saturated rings. The van der Waals surface area contributed by atoms with Crippen LogP contribution >= 0.6 is 0 Å². The number of benzene rings is 1. The molecule has 0 bridgehead atoms. The van der Waals surface area contributed by atoms with E-state index in [4.69, 9.17) is 12.8 Å². The van der Waals surface area contributed by atoms with E-state index in [1.165, 1.54) is 0 Å². The highest BCUT2D eigenvalue weighted by Gasteiger charge is 1.97. The maximum Gasteiger partial charge on any atom is 0.0428 e. The van der Waals surface area contributed by atoms with Crippen LogP contribution in [0, 0.1) is 31.6 Å². The van der Waals surface area contributed by atoms with Gasteiger partial charge in [-0.25, -0.2) is 0 Å². The van der Waals surface area contributed by atoms with Crippen LogP contribution < -0.4 is 0 Å². The van der Waals surface area contributed by atoms with Crippen LogP contribution in [-0.4, -0.2) is 0 Å². The summed E-state index contributed by atoms with van der Waals surface area (Å²) in [4.78, 5) is 0. The molecule has 0 aliphatic rings. The Labute approximate surface area is 67.3 Å². The van der Waals surface area contributed by atoms with E-state index in [2.05, 4.69) is 11.8 Å². The molecular weight excluding hydrogens is 132 g/mol. The molecular formula is C11H8. The molecule has 0 amide bonds. The van der Waals surface area contributed by atoms with Gasteiger partial charge in [-0.3, -0.25) is 0 Å². The maximum atomic E-state index is 5.28. The van der Waals surface area contributed by atoms with Gasteiger partial charge in [-0.1, -0.05) is 24.0 Å². The van der Waals surface area contributed by atoms with Crippen LogP contribution in [0.25, 0.3) is 0 Å². The van der Waals surface area contributed by atoms with E-state index in [0.717, 1.165) is 16.7 Å². The lowest BCUT2D eigenvalue weighted by Gasteiger charge is -1.99. The molecule has 0 saturated heterocycles. The van der Waals surface area contributed by atoms with Crippen molar-refractivity contribution in [1.29, 1.82) is 0 Å². The second-order valence-corrected chi connectivity index (χ2v) is 2.29. The molecule has 0 heterocycles. The summed E-state index contributed by atoms with van der Waals surface area (Å²) in [5, 5.41) is 0. The number of hydrogen-bond acceptors (Lipinski definition) is 0. The average Bonchev–Trinajstić information content (AvgIpc) is 2.04. The molecule has 1 rings (SSSR count). The highest BCUT2D eigenvalue weighted by Crippen LogP contribution is 2.10. The summed E-state index contributed by atoms with van der Waals surface area (Å²) in [6.45, 7) is 1.95. The van der Waals surface area contributed by atoms with Gasteiger partial charge in [-0.05, 0) is 18.6 Å². The molecule has 0 atom stereocenters. The van der Waals surface area contributed by atoms with Gasteiger partial charge >= 0.3 is 0 Å². The Hall–Kier alpha value is -1.66. The zero-order chi connectivity index (χ0) is 8.27. The van der Waals surface area contributed by atoms with Crippen molar-refractivity contribution in [2.24, 2.45) is 0 Å². The van der Waals surface area contributed by atoms with Crippen LogP contribution in [-0.2, 0) is 0 Å². The van der Waals surface area contributed by atoms with Crippen LogP contribution in [0.2, 0.25) is 0 Å². The predicted molar refractivity (Wildman–Crippen MR) is 47.0 cm³/mol. The molecule has 1 aromatic carbocycles. The number of hydrogen-bond donors (Lipinski definition) is 0. The van der Waals surface area contributed by atoms with Gasteiger partial charge in [0.2, 0.25) is 0 Å². The van der Waals surface area contributed by atoms with Gasteiger partial charge in [0.05, 0.1) is 0 Å². The first-order valence-corrected chi connectivity index (χ1v) is 3.32. The summed E-state index contributed by atoms with van der Waals surface area (Å²) < 4.78 is 0. The quantitative estimate of drug-likeness (QED) is 0.483. The Kier molecular flexibility index (Phi) is 2.00. The zero-order valence-electron chi connectivity index (χ0n) is 6.39. The normalized spacial score (nSPS) is 8.27. The number of aryl methyl sites for hydroxylation is 1. The highest BCUT2D eigenvalue weighted by atomic mass is 14.0. The van der Waals surface area contributed by atoms with E-state index < -0.39 is 0 Å². The van der Waals surface area contributed by atoms with E-state index >= 15 is 0 Å². The molecule has 0 aromatic heterocycles. The van der Waals surface area contributed by atoms with E-state index in [1.54, 1.807) is 0 Å². The predicted octanol–water partition coefficient (Wildman–Crippen LogP) is 1.96. The van der Waals surface area contributed by atoms with E-state index in [9.17, 15) is 0 Å². The van der Waals surface area contributed by atoms with Crippen molar-refractivity contribution < 1.29 is 0 Å². The Balaban J connectivity index is 3.42. The van der Waals surface area contributed by atoms with Gasteiger partial charge in [0.15, 0.2) is 0 Å². The van der Waals surface area contributed by atoms with Crippen LogP contribution in [0.5, 0.6) is 0 Å². The molecule has 0 spiro atoms. The average molecular weight is 140 g/mol. The van der Waals surface area contributed by atoms with Gasteiger partial charge < -0.3 is 0 Å². The summed E-state index contributed by atoms with van der Waals surface area (Å²) in [7, 11) is 0. The molecule has 0 heteroatoms. The van der Waals surface area contributed by atoms with Gasteiger partial charge in [0.1, 0.15) is 0 Å². The first-order valence-electron chi connectivity index (χ1n) is 3.32. The first kappa shape index (κ1) is 7.45. The van der Waals surface area contributed by atoms with Crippen molar-refractivity contribution in [3.63, 3.8) is 0 Å². The monoisotopic (exact) mass is 140 g/mol. The second kappa shape index (κ2) is 2.95. The topological polar surface area (TPSA) is 0 Å². The van der Waals surface area contributed by atoms with E-state index in [1.807, 2.05) is 25.1 Å². The van der Waals surface area contributed by atoms with Crippen LogP contribution in [0.15, 0.2) is 18.2 Å². The van der Waals surface area contributed by atoms with Crippen molar-refractivity contribution in [2.45, 2.75) is 6.92 Å². The second-order valence-electron chi connectivity index (χ2n) is 2.29. The lowest BCUT2D eigenvalue weighted by molar-refractivity contribution is 1.42. The Bertz CT molecular complexity index is 345. The van der Waals surface area contributed by atoms with Crippen molar-refractivity contribution in [3.8, 4) is 24.7 Å². The van der Waals surface area contributed by atoms with Crippen LogP contribution in [0.1, 0.15) is 16.7 Å². The molecule has 0 saturated carbocycles. The molecule has 0 N–H and O–H groups in total. The molecule has 1 aromatic rings. The Morgan fingerprint density at radius 2 is 1.91 bits per heavy atom. The largest absolute Gasteiger partial charge is 0.115 e. The molecule has 11 heavy (non-hydrogen) atoms. The maximum absolute atomic E-state index is 5.28. The van der Waals surface area contributed by atoms with Gasteiger partial charge in [0.25, 0.3) is 0 Å². The smallest absolute Gasteiger partial charge is 0.0428 e. The van der Waals surface area contributed by atoms with Crippen molar-refractivity contribution >= 4 is 0 Å². The van der Waals surface area contributed by atoms with E-state index in [0.29, 0.717) is 0 Å². The molecule has 0 unspecified atom stereocenters. The number of terminal acetylenes is 2. The van der Waals surface area contributed by atoms with Crippen molar-refractivity contribution in [3.05, 3.63) is 34.9 Å². The summed E-state index contributed by atoms with van der Waals surface area (Å²) in [5.74, 6) is 5.12. The minimum atomic E-state index is 0.799. The standard InChI is InChI=1S/C11H8/c1-4-10-8-6-7-9(3)11(10)5-2/h1-2,6-8H,3H3. The van der Waals surface area contributed by atoms with Crippen molar-refractivity contribution in [1.82, 2.24) is 0 Å². The molecule has 52 valence electrons. The van der Waals surface area contributed by atoms with Gasteiger partial charge in [-0.2, -0.15) is 0 Å². The van der Waals surface area contributed by atoms with E-state index in [-0.39, 0.29) is 0 Å². The Morgan fingerprint density at radius 1 is 1.18 bits per heavy atom. The van der Waals surface area contributed by atoms with Crippen molar-refractivity contribution in [2.75, 3.05) is 0 Å². The SMILES string of the molecule is C#Cc1cccc(C)c1C#C. The van der Waals surface area contributed by atoms with Gasteiger partial charge in [-0.15, -0.1) is 12.8 Å². The summed E-state index contributed by atoms with van der Waals surface area (Å²) >= 11 is 0. The molecule has 0 nitrogen and oxygen atoms in total. The number of rotatable bonds is 0. The summed E-state index contributed by atoms with van der Waals surface area (Å²) in [6.07, 6.45) is 10.5. The fourth-order valence-electron chi connectivity index (χ4n) is 0.980. The minimum Gasteiger partial charge on any atom is -0.115 e. The minimum absolute atomic E-state index is 0.799. The summed E-state index contributed by atoms with van der Waals surface area (Å²) in [6, 6.07) is 5.71. The highest BCUT2D eigenvalue weighted by molar-refractivity contribution is 5.52. The molecule has 0 radical (unpaired) electrons. The molecule has 0 aliphatic heterocycles. The third-order valence-electron chi connectivity index (χ3n) is 1.57. The fourth-order valence-corrected chi connectivity index (χ4v) is 0.980. The Morgan fingerprint density at radius 3 is 2.36 bits per heavy atom. The third kappa shape index (κ3) is 1.26. The molecule has 0 aliphatic carbocycles. The zero-order valence-corrected chi connectivity index (χ0v) is 6.39. The fraction of sp³-hybridized carbons (Fsp3) is 0.0909. The first-order chi connectivity index (χ1) is 5.29. The van der Waals surface area contributed by atoms with Crippen LogP contribution in [0.3, 0.4) is 0 Å². The lowest BCUT2D eigenvalue weighted by atomic mass is 10.0. The van der Waals surface area contributed by atoms with Crippen LogP contribution in [0.4, 0.5) is 0 Å².